The highest BCUT2D eigenvalue weighted by molar-refractivity contribution is 5.80. The molecule has 0 aromatic heterocycles. The predicted octanol–water partition coefficient (Wildman–Crippen LogP) is 2.26. The fourth-order valence-electron chi connectivity index (χ4n) is 3.07. The summed E-state index contributed by atoms with van der Waals surface area (Å²) in [6, 6.07) is 6.33. The van der Waals surface area contributed by atoms with E-state index in [1.165, 1.54) is 0 Å². The molecule has 1 saturated heterocycles. The number of hydrogen-bond donors (Lipinski definition) is 2. The Balaban J connectivity index is 1.81. The Kier molecular flexibility index (Phi) is 9.04. The van der Waals surface area contributed by atoms with Gasteiger partial charge in [-0.1, -0.05) is 13.3 Å². The summed E-state index contributed by atoms with van der Waals surface area (Å²) in [5.74, 6) is 2.44. The minimum absolute atomic E-state index is 0.342. The second-order valence-electron chi connectivity index (χ2n) is 6.61. The summed E-state index contributed by atoms with van der Waals surface area (Å²) >= 11 is 0. The topological polar surface area (TPSA) is 67.4 Å². The summed E-state index contributed by atoms with van der Waals surface area (Å²) < 4.78 is 16.3. The Morgan fingerprint density at radius 1 is 1.19 bits per heavy atom. The third kappa shape index (κ3) is 6.82. The van der Waals surface area contributed by atoms with E-state index >= 15 is 0 Å². The quantitative estimate of drug-likeness (QED) is 0.370. The molecule has 1 aromatic rings. The summed E-state index contributed by atoms with van der Waals surface area (Å²) in [5, 5.41) is 6.82. The minimum atomic E-state index is 0.342. The van der Waals surface area contributed by atoms with Crippen molar-refractivity contribution in [3.63, 3.8) is 0 Å². The van der Waals surface area contributed by atoms with Crippen LogP contribution in [0, 0.1) is 0 Å². The summed E-state index contributed by atoms with van der Waals surface area (Å²) in [4.78, 5) is 6.66. The summed E-state index contributed by atoms with van der Waals surface area (Å²) in [6.45, 7) is 6.33. The Morgan fingerprint density at radius 2 is 1.93 bits per heavy atom. The van der Waals surface area contributed by atoms with Crippen molar-refractivity contribution in [1.29, 1.82) is 0 Å². The first-order valence-electron chi connectivity index (χ1n) is 9.73. The number of hydrogen-bond acceptors (Lipinski definition) is 5. The van der Waals surface area contributed by atoms with Crippen LogP contribution in [0.3, 0.4) is 0 Å². The van der Waals surface area contributed by atoms with E-state index in [9.17, 15) is 0 Å². The van der Waals surface area contributed by atoms with Crippen LogP contribution < -0.4 is 25.0 Å². The molecule has 0 amide bonds. The molecule has 27 heavy (non-hydrogen) atoms. The predicted molar refractivity (Wildman–Crippen MR) is 110 cm³/mol. The van der Waals surface area contributed by atoms with Crippen molar-refractivity contribution in [3.05, 3.63) is 18.2 Å². The number of methoxy groups -OCH3 is 2. The maximum Gasteiger partial charge on any atom is 0.191 e. The van der Waals surface area contributed by atoms with E-state index in [4.69, 9.17) is 14.2 Å². The van der Waals surface area contributed by atoms with Gasteiger partial charge in [0.25, 0.3) is 0 Å². The maximum atomic E-state index is 5.58. The standard InChI is InChI=1S/C20H34N4O3/c1-5-6-10-27-11-8-22-20(21-2)23-16-7-9-24(15-16)17-12-18(25-3)14-19(13-17)26-4/h12-14,16H,5-11,15H2,1-4H3,(H2,21,22,23). The van der Waals surface area contributed by atoms with E-state index in [2.05, 4.69) is 27.4 Å². The zero-order chi connectivity index (χ0) is 19.5. The van der Waals surface area contributed by atoms with Gasteiger partial charge in [-0.15, -0.1) is 0 Å². The molecule has 1 heterocycles. The lowest BCUT2D eigenvalue weighted by Gasteiger charge is -2.21. The SMILES string of the molecule is CCCCOCCNC(=NC)NC1CCN(c2cc(OC)cc(OC)c2)C1. The third-order valence-electron chi connectivity index (χ3n) is 4.64. The molecule has 1 unspecified atom stereocenters. The smallest absolute Gasteiger partial charge is 0.191 e. The number of anilines is 1. The Morgan fingerprint density at radius 3 is 2.56 bits per heavy atom. The summed E-state index contributed by atoms with van der Waals surface area (Å²) in [6.07, 6.45) is 3.32. The normalized spacial score (nSPS) is 17.1. The molecule has 2 rings (SSSR count). The molecule has 7 heteroatoms. The fourth-order valence-corrected chi connectivity index (χ4v) is 3.07. The van der Waals surface area contributed by atoms with Crippen molar-refractivity contribution in [2.45, 2.75) is 32.2 Å². The van der Waals surface area contributed by atoms with Gasteiger partial charge in [0.05, 0.1) is 20.8 Å². The minimum Gasteiger partial charge on any atom is -0.497 e. The molecule has 1 aromatic carbocycles. The molecule has 1 atom stereocenters. The van der Waals surface area contributed by atoms with Gasteiger partial charge in [-0.25, -0.2) is 0 Å². The van der Waals surface area contributed by atoms with E-state index < -0.39 is 0 Å². The van der Waals surface area contributed by atoms with Crippen molar-refractivity contribution < 1.29 is 14.2 Å². The first-order chi connectivity index (χ1) is 13.2. The molecular formula is C20H34N4O3. The molecule has 0 saturated carbocycles. The van der Waals surface area contributed by atoms with E-state index in [0.29, 0.717) is 12.6 Å². The second-order valence-corrected chi connectivity index (χ2v) is 6.61. The number of guanidine groups is 1. The van der Waals surface area contributed by atoms with Crippen molar-refractivity contribution in [2.24, 2.45) is 4.99 Å². The molecule has 1 aliphatic heterocycles. The Labute approximate surface area is 163 Å². The number of rotatable bonds is 10. The number of nitrogens with zero attached hydrogens (tertiary/aromatic N) is 2. The monoisotopic (exact) mass is 378 g/mol. The molecule has 152 valence electrons. The van der Waals surface area contributed by atoms with E-state index in [-0.39, 0.29) is 0 Å². The fraction of sp³-hybridized carbons (Fsp3) is 0.650. The first-order valence-corrected chi connectivity index (χ1v) is 9.73. The van der Waals surface area contributed by atoms with Gasteiger partial charge in [0, 0.05) is 63.2 Å². The van der Waals surface area contributed by atoms with Crippen LogP contribution in [0.1, 0.15) is 26.2 Å². The van der Waals surface area contributed by atoms with E-state index in [0.717, 1.165) is 68.6 Å². The summed E-state index contributed by atoms with van der Waals surface area (Å²) in [7, 11) is 5.15. The van der Waals surface area contributed by atoms with Crippen LogP contribution in [0.2, 0.25) is 0 Å². The van der Waals surface area contributed by atoms with Crippen LogP contribution in [0.5, 0.6) is 11.5 Å². The van der Waals surface area contributed by atoms with Gasteiger partial charge in [-0.3, -0.25) is 4.99 Å². The van der Waals surface area contributed by atoms with Crippen LogP contribution in [0.15, 0.2) is 23.2 Å². The first kappa shape index (κ1) is 21.2. The molecule has 0 aliphatic carbocycles. The molecule has 0 radical (unpaired) electrons. The van der Waals surface area contributed by atoms with E-state index in [1.54, 1.807) is 21.3 Å². The van der Waals surface area contributed by atoms with Crippen molar-refractivity contribution >= 4 is 11.6 Å². The van der Waals surface area contributed by atoms with Crippen molar-refractivity contribution in [1.82, 2.24) is 10.6 Å². The second kappa shape index (κ2) is 11.5. The lowest BCUT2D eigenvalue weighted by Crippen LogP contribution is -2.45. The van der Waals surface area contributed by atoms with Crippen molar-refractivity contribution in [2.75, 3.05) is 59.0 Å². The van der Waals surface area contributed by atoms with Gasteiger partial charge in [-0.05, 0) is 12.8 Å². The Bertz CT molecular complexity index is 572. The highest BCUT2D eigenvalue weighted by Crippen LogP contribution is 2.30. The highest BCUT2D eigenvalue weighted by Gasteiger charge is 2.24. The zero-order valence-electron chi connectivity index (χ0n) is 17.1. The van der Waals surface area contributed by atoms with E-state index in [1.807, 2.05) is 18.2 Å². The van der Waals surface area contributed by atoms with Gasteiger partial charge in [0.2, 0.25) is 0 Å². The number of ether oxygens (including phenoxy) is 3. The largest absolute Gasteiger partial charge is 0.497 e. The van der Waals surface area contributed by atoms with Gasteiger partial charge in [-0.2, -0.15) is 0 Å². The molecule has 1 fully saturated rings. The highest BCUT2D eigenvalue weighted by atomic mass is 16.5. The van der Waals surface area contributed by atoms with Crippen LogP contribution in [0.4, 0.5) is 5.69 Å². The molecule has 0 bridgehead atoms. The van der Waals surface area contributed by atoms with Crippen LogP contribution in [-0.4, -0.2) is 66.1 Å². The molecule has 1 aliphatic rings. The van der Waals surface area contributed by atoms with Gasteiger partial charge < -0.3 is 29.7 Å². The van der Waals surface area contributed by atoms with Crippen molar-refractivity contribution in [3.8, 4) is 11.5 Å². The van der Waals surface area contributed by atoms with Crippen LogP contribution in [-0.2, 0) is 4.74 Å². The maximum absolute atomic E-state index is 5.58. The number of unbranched alkanes of at least 4 members (excludes halogenated alkanes) is 1. The average molecular weight is 379 g/mol. The molecular weight excluding hydrogens is 344 g/mol. The number of benzene rings is 1. The van der Waals surface area contributed by atoms with Crippen LogP contribution >= 0.6 is 0 Å². The number of aliphatic imine (C=N–C) groups is 1. The lowest BCUT2D eigenvalue weighted by atomic mass is 10.2. The average Bonchev–Trinajstić information content (AvgIpc) is 3.17. The summed E-state index contributed by atoms with van der Waals surface area (Å²) in [5.41, 5.74) is 1.11. The molecule has 0 spiro atoms. The van der Waals surface area contributed by atoms with Gasteiger partial charge >= 0.3 is 0 Å². The molecule has 7 nitrogen and oxygen atoms in total. The van der Waals surface area contributed by atoms with Gasteiger partial charge in [0.15, 0.2) is 5.96 Å². The Hall–Kier alpha value is -2.15. The number of nitrogens with one attached hydrogen (secondary N) is 2. The molecule has 2 N–H and O–H groups in total. The zero-order valence-corrected chi connectivity index (χ0v) is 17.1. The van der Waals surface area contributed by atoms with Gasteiger partial charge in [0.1, 0.15) is 11.5 Å². The lowest BCUT2D eigenvalue weighted by molar-refractivity contribution is 0.136. The third-order valence-corrected chi connectivity index (χ3v) is 4.64. The van der Waals surface area contributed by atoms with Crippen LogP contribution in [0.25, 0.3) is 0 Å².